The summed E-state index contributed by atoms with van der Waals surface area (Å²) in [5.41, 5.74) is 0.847. The van der Waals surface area contributed by atoms with E-state index in [2.05, 4.69) is 10.4 Å². The van der Waals surface area contributed by atoms with Gasteiger partial charge in [-0.2, -0.15) is 9.78 Å². The van der Waals surface area contributed by atoms with Gasteiger partial charge in [-0.15, -0.1) is 0 Å². The summed E-state index contributed by atoms with van der Waals surface area (Å²) in [7, 11) is 0. The Labute approximate surface area is 188 Å². The molecule has 0 aliphatic carbocycles. The first-order chi connectivity index (χ1) is 15.9. The average Bonchev–Trinajstić information content (AvgIpc) is 2.83. The Kier molecular flexibility index (Phi) is 6.26. The summed E-state index contributed by atoms with van der Waals surface area (Å²) in [6.07, 6.45) is 0. The van der Waals surface area contributed by atoms with Crippen molar-refractivity contribution >= 4 is 5.91 Å². The Morgan fingerprint density at radius 2 is 1.58 bits per heavy atom. The number of rotatable bonds is 6. The van der Waals surface area contributed by atoms with Crippen LogP contribution in [0.2, 0.25) is 0 Å². The van der Waals surface area contributed by atoms with Crippen LogP contribution in [0, 0.1) is 12.7 Å². The third-order valence-electron chi connectivity index (χ3n) is 5.10. The molecule has 0 radical (unpaired) electrons. The normalized spacial score (nSPS) is 10.7. The summed E-state index contributed by atoms with van der Waals surface area (Å²) < 4.78 is 15.3. The van der Waals surface area contributed by atoms with Crippen LogP contribution in [0.5, 0.6) is 0 Å². The Morgan fingerprint density at radius 3 is 2.24 bits per heavy atom. The number of nitrogens with zero attached hydrogens (tertiary/aromatic N) is 3. The van der Waals surface area contributed by atoms with Gasteiger partial charge in [-0.1, -0.05) is 60.2 Å². The maximum Gasteiger partial charge on any atom is 0.352 e. The molecule has 4 aromatic rings. The molecule has 0 fully saturated rings. The van der Waals surface area contributed by atoms with E-state index < -0.39 is 28.7 Å². The monoisotopic (exact) mass is 444 g/mol. The molecule has 0 bridgehead atoms. The lowest BCUT2D eigenvalue weighted by atomic mass is 10.2. The predicted molar refractivity (Wildman–Crippen MR) is 122 cm³/mol. The van der Waals surface area contributed by atoms with Gasteiger partial charge in [0.05, 0.1) is 12.2 Å². The van der Waals surface area contributed by atoms with Crippen LogP contribution in [0.1, 0.15) is 27.2 Å². The molecule has 7 nitrogen and oxygen atoms in total. The molecule has 8 heteroatoms. The number of hydrogen-bond donors (Lipinski definition) is 1. The molecular formula is C25H21FN4O3. The van der Waals surface area contributed by atoms with E-state index in [1.54, 1.807) is 24.3 Å². The van der Waals surface area contributed by atoms with E-state index in [9.17, 15) is 18.8 Å². The van der Waals surface area contributed by atoms with Gasteiger partial charge < -0.3 is 5.32 Å². The zero-order chi connectivity index (χ0) is 23.4. The van der Waals surface area contributed by atoms with E-state index in [1.807, 2.05) is 37.3 Å². The second-order valence-electron chi connectivity index (χ2n) is 7.56. The Balaban J connectivity index is 1.77. The minimum atomic E-state index is -0.821. The van der Waals surface area contributed by atoms with Gasteiger partial charge in [0.2, 0.25) is 5.69 Å². The first kappa shape index (κ1) is 21.9. The second-order valence-corrected chi connectivity index (χ2v) is 7.56. The summed E-state index contributed by atoms with van der Waals surface area (Å²) in [6, 6.07) is 21.6. The van der Waals surface area contributed by atoms with E-state index >= 15 is 0 Å². The fourth-order valence-electron chi connectivity index (χ4n) is 3.29. The zero-order valence-corrected chi connectivity index (χ0v) is 17.9. The van der Waals surface area contributed by atoms with E-state index in [1.165, 1.54) is 24.3 Å². The lowest BCUT2D eigenvalue weighted by molar-refractivity contribution is 0.0941. The highest BCUT2D eigenvalue weighted by Crippen LogP contribution is 2.07. The fraction of sp³-hybridized carbons (Fsp3) is 0.120. The number of benzene rings is 3. The zero-order valence-electron chi connectivity index (χ0n) is 17.9. The maximum absolute atomic E-state index is 13.3. The Hall–Kier alpha value is -4.33. The standard InChI is InChI=1S/C25H21FN4O3/c1-17-7-13-21(14-8-17)30-25(33)29(16-19-9-11-20(26)12-10-19)24(32)22(28-30)23(31)27-15-18-5-3-2-4-6-18/h2-14H,15-16H2,1H3,(H,27,31). The number of halogens is 1. The summed E-state index contributed by atoms with van der Waals surface area (Å²) in [5, 5.41) is 6.78. The van der Waals surface area contributed by atoms with Crippen molar-refractivity contribution in [1.29, 1.82) is 0 Å². The first-order valence-electron chi connectivity index (χ1n) is 10.3. The molecule has 0 aliphatic heterocycles. The van der Waals surface area contributed by atoms with Gasteiger partial charge in [0.1, 0.15) is 5.82 Å². The van der Waals surface area contributed by atoms with Gasteiger partial charge in [0, 0.05) is 6.54 Å². The Bertz CT molecular complexity index is 1390. The van der Waals surface area contributed by atoms with E-state index in [0.29, 0.717) is 11.3 Å². The molecule has 1 N–H and O–H groups in total. The van der Waals surface area contributed by atoms with Gasteiger partial charge in [0.25, 0.3) is 11.5 Å². The topological polar surface area (TPSA) is 86.0 Å². The summed E-state index contributed by atoms with van der Waals surface area (Å²) in [5.74, 6) is -1.13. The number of nitrogens with one attached hydrogen (secondary N) is 1. The molecule has 1 heterocycles. The summed E-state index contributed by atoms with van der Waals surface area (Å²) >= 11 is 0. The van der Waals surface area contributed by atoms with Gasteiger partial charge in [-0.3, -0.25) is 14.2 Å². The van der Waals surface area contributed by atoms with Gasteiger partial charge >= 0.3 is 5.69 Å². The number of hydrogen-bond acceptors (Lipinski definition) is 4. The lowest BCUT2D eigenvalue weighted by Gasteiger charge is -2.13. The van der Waals surface area contributed by atoms with Crippen LogP contribution in [0.25, 0.3) is 5.69 Å². The number of aryl methyl sites for hydroxylation is 1. The van der Waals surface area contributed by atoms with E-state index in [-0.39, 0.29) is 13.1 Å². The molecule has 4 rings (SSSR count). The molecular weight excluding hydrogens is 423 g/mol. The maximum atomic E-state index is 13.3. The third kappa shape index (κ3) is 4.95. The predicted octanol–water partition coefficient (Wildman–Crippen LogP) is 2.82. The summed E-state index contributed by atoms with van der Waals surface area (Å²) in [6.45, 7) is 1.96. The third-order valence-corrected chi connectivity index (χ3v) is 5.10. The number of aromatic nitrogens is 3. The molecule has 0 spiro atoms. The van der Waals surface area contributed by atoms with Crippen LogP contribution in [0.15, 0.2) is 88.5 Å². The van der Waals surface area contributed by atoms with Crippen molar-refractivity contribution in [3.63, 3.8) is 0 Å². The van der Waals surface area contributed by atoms with Crippen LogP contribution in [-0.2, 0) is 13.1 Å². The minimum absolute atomic E-state index is 0.134. The number of amides is 1. The van der Waals surface area contributed by atoms with Crippen molar-refractivity contribution in [3.8, 4) is 5.69 Å². The van der Waals surface area contributed by atoms with Crippen molar-refractivity contribution in [2.45, 2.75) is 20.0 Å². The highest BCUT2D eigenvalue weighted by atomic mass is 19.1. The smallest absolute Gasteiger partial charge is 0.346 e. The molecule has 166 valence electrons. The van der Waals surface area contributed by atoms with Crippen LogP contribution in [0.4, 0.5) is 4.39 Å². The molecule has 1 amide bonds. The van der Waals surface area contributed by atoms with Gasteiger partial charge in [-0.25, -0.2) is 9.18 Å². The van der Waals surface area contributed by atoms with Crippen molar-refractivity contribution in [1.82, 2.24) is 19.7 Å². The molecule has 1 aromatic heterocycles. The first-order valence-corrected chi connectivity index (χ1v) is 10.3. The number of carbonyl (C=O) groups excluding carboxylic acids is 1. The van der Waals surface area contributed by atoms with E-state index in [0.717, 1.165) is 20.4 Å². The van der Waals surface area contributed by atoms with Crippen molar-refractivity contribution in [2.24, 2.45) is 0 Å². The molecule has 0 atom stereocenters. The second kappa shape index (κ2) is 9.44. The molecule has 3 aromatic carbocycles. The largest absolute Gasteiger partial charge is 0.352 e. The number of carbonyl (C=O) groups is 1. The van der Waals surface area contributed by atoms with Crippen LogP contribution < -0.4 is 16.6 Å². The lowest BCUT2D eigenvalue weighted by Crippen LogP contribution is -2.46. The Morgan fingerprint density at radius 1 is 0.909 bits per heavy atom. The van der Waals surface area contributed by atoms with E-state index in [4.69, 9.17) is 0 Å². The van der Waals surface area contributed by atoms with Crippen LogP contribution >= 0.6 is 0 Å². The fourth-order valence-corrected chi connectivity index (χ4v) is 3.29. The van der Waals surface area contributed by atoms with Crippen molar-refractivity contribution in [3.05, 3.63) is 128 Å². The molecule has 0 saturated heterocycles. The van der Waals surface area contributed by atoms with Crippen LogP contribution in [-0.4, -0.2) is 20.3 Å². The summed E-state index contributed by atoms with van der Waals surface area (Å²) in [4.78, 5) is 39.1. The SMILES string of the molecule is Cc1ccc(-n2nc(C(=O)NCc3ccccc3)c(=O)n(Cc3ccc(F)cc3)c2=O)cc1. The average molecular weight is 444 g/mol. The van der Waals surface area contributed by atoms with Gasteiger partial charge in [-0.05, 0) is 42.3 Å². The van der Waals surface area contributed by atoms with Crippen molar-refractivity contribution in [2.75, 3.05) is 0 Å². The molecule has 33 heavy (non-hydrogen) atoms. The van der Waals surface area contributed by atoms with Crippen molar-refractivity contribution < 1.29 is 9.18 Å². The van der Waals surface area contributed by atoms with Gasteiger partial charge in [0.15, 0.2) is 0 Å². The quantitative estimate of drug-likeness (QED) is 0.496. The van der Waals surface area contributed by atoms with Crippen LogP contribution in [0.3, 0.4) is 0 Å². The molecule has 0 unspecified atom stereocenters. The highest BCUT2D eigenvalue weighted by Gasteiger charge is 2.20. The molecule has 0 saturated carbocycles. The minimum Gasteiger partial charge on any atom is -0.346 e. The highest BCUT2D eigenvalue weighted by molar-refractivity contribution is 5.91. The molecule has 0 aliphatic rings.